The number of aryl methyl sites for hydroxylation is 2. The molecule has 1 amide bonds. The second-order valence-corrected chi connectivity index (χ2v) is 5.75. The number of ether oxygens (including phenoxy) is 1. The van der Waals surface area contributed by atoms with E-state index < -0.39 is 0 Å². The lowest BCUT2D eigenvalue weighted by Crippen LogP contribution is -2.16. The van der Waals surface area contributed by atoms with Crippen molar-refractivity contribution in [3.63, 3.8) is 0 Å². The van der Waals surface area contributed by atoms with Crippen LogP contribution in [0.2, 0.25) is 0 Å². The van der Waals surface area contributed by atoms with E-state index in [1.165, 1.54) is 5.56 Å². The van der Waals surface area contributed by atoms with Gasteiger partial charge in [-0.15, -0.1) is 5.10 Å². The number of para-hydroxylation sites is 1. The van der Waals surface area contributed by atoms with E-state index in [2.05, 4.69) is 34.2 Å². The Labute approximate surface area is 129 Å². The van der Waals surface area contributed by atoms with E-state index in [1.807, 2.05) is 39.2 Å². The van der Waals surface area contributed by atoms with Crippen LogP contribution in [-0.2, 0) is 16.6 Å². The minimum Gasteiger partial charge on any atom is -0.473 e. The second kappa shape index (κ2) is 5.33. The molecule has 0 saturated carbocycles. The highest BCUT2D eigenvalue weighted by molar-refractivity contribution is 6.25. The first-order chi connectivity index (χ1) is 10.5. The van der Waals surface area contributed by atoms with Crippen LogP contribution in [0.4, 0.5) is 0 Å². The second-order valence-electron chi connectivity index (χ2n) is 5.75. The van der Waals surface area contributed by atoms with Crippen LogP contribution in [0.3, 0.4) is 0 Å². The summed E-state index contributed by atoms with van der Waals surface area (Å²) in [6, 6.07) is 6.16. The zero-order chi connectivity index (χ0) is 15.9. The quantitative estimate of drug-likeness (QED) is 0.867. The number of hydrogen-bond acceptors (Lipinski definition) is 3. The van der Waals surface area contributed by atoms with Crippen LogP contribution in [0.1, 0.15) is 25.0 Å². The Hall–Kier alpha value is -2.56. The topological polar surface area (TPSA) is 55.6 Å². The van der Waals surface area contributed by atoms with E-state index in [9.17, 15) is 4.79 Å². The fourth-order valence-electron chi connectivity index (χ4n) is 2.73. The van der Waals surface area contributed by atoms with Crippen LogP contribution in [0.5, 0.6) is 0 Å². The molecule has 0 bridgehead atoms. The van der Waals surface area contributed by atoms with Gasteiger partial charge in [-0.05, 0) is 32.4 Å². The summed E-state index contributed by atoms with van der Waals surface area (Å²) in [6.45, 7) is 5.89. The van der Waals surface area contributed by atoms with Crippen LogP contribution in [0.25, 0.3) is 17.0 Å². The predicted octanol–water partition coefficient (Wildman–Crippen LogP) is 2.74. The zero-order valence-electron chi connectivity index (χ0n) is 13.2. The Bertz CT molecular complexity index is 813. The first kappa shape index (κ1) is 14.4. The van der Waals surface area contributed by atoms with Gasteiger partial charge in [0.05, 0.1) is 11.6 Å². The molecule has 0 atom stereocenters. The van der Waals surface area contributed by atoms with Gasteiger partial charge in [0.15, 0.2) is 0 Å². The number of hydrazone groups is 1. The van der Waals surface area contributed by atoms with Crippen molar-refractivity contribution in [3.8, 4) is 0 Å². The van der Waals surface area contributed by atoms with Crippen molar-refractivity contribution in [1.82, 2.24) is 9.99 Å². The first-order valence-electron chi connectivity index (χ1n) is 7.28. The van der Waals surface area contributed by atoms with Crippen LogP contribution < -0.4 is 5.43 Å². The maximum absolute atomic E-state index is 12.0. The van der Waals surface area contributed by atoms with Crippen molar-refractivity contribution < 1.29 is 9.53 Å². The van der Waals surface area contributed by atoms with E-state index in [1.54, 1.807) is 0 Å². The Balaban J connectivity index is 2.10. The van der Waals surface area contributed by atoms with Gasteiger partial charge >= 0.3 is 0 Å². The average molecular weight is 297 g/mol. The highest BCUT2D eigenvalue weighted by atomic mass is 16.5. The molecule has 1 aliphatic heterocycles. The first-order valence-corrected chi connectivity index (χ1v) is 7.28. The molecule has 5 heteroatoms. The number of fused-ring (bicyclic) bond motifs is 1. The van der Waals surface area contributed by atoms with E-state index in [-0.39, 0.29) is 12.0 Å². The molecule has 2 aromatic rings. The normalized spacial score (nSPS) is 16.5. The molecule has 1 N–H and O–H groups in total. The monoisotopic (exact) mass is 297 g/mol. The van der Waals surface area contributed by atoms with Crippen molar-refractivity contribution in [2.75, 3.05) is 0 Å². The van der Waals surface area contributed by atoms with Crippen molar-refractivity contribution >= 4 is 28.8 Å². The molecule has 0 saturated heterocycles. The number of amides is 1. The number of nitrogens with one attached hydrogen (secondary N) is 1. The molecule has 1 aliphatic rings. The maximum Gasteiger partial charge on any atom is 0.277 e. The molecule has 1 aromatic heterocycles. The summed E-state index contributed by atoms with van der Waals surface area (Å²) in [4.78, 5) is 12.0. The molecule has 0 spiro atoms. The molecule has 1 aromatic carbocycles. The standard InChI is InChI=1S/C17H19N3O2/c1-10(2)22-17-14(16(21)18-19-17)8-12-9-20(4)15-11(3)6-5-7-13(12)15/h5-10H,1-4H3,(H,18,21)/b14-8+. The number of hydrogen-bond donors (Lipinski definition) is 1. The maximum atomic E-state index is 12.0. The summed E-state index contributed by atoms with van der Waals surface area (Å²) >= 11 is 0. The largest absolute Gasteiger partial charge is 0.473 e. The predicted molar refractivity (Wildman–Crippen MR) is 87.4 cm³/mol. The van der Waals surface area contributed by atoms with Crippen LogP contribution in [0, 0.1) is 6.92 Å². The van der Waals surface area contributed by atoms with Gasteiger partial charge in [-0.2, -0.15) is 0 Å². The van der Waals surface area contributed by atoms with Gasteiger partial charge in [0, 0.05) is 24.2 Å². The SMILES string of the molecule is Cc1cccc2c(/C=C3\C(=O)NN=C3OC(C)C)cn(C)c12. The Morgan fingerprint density at radius 2 is 2.14 bits per heavy atom. The smallest absolute Gasteiger partial charge is 0.277 e. The Morgan fingerprint density at radius 1 is 1.36 bits per heavy atom. The summed E-state index contributed by atoms with van der Waals surface area (Å²) < 4.78 is 7.67. The number of carbonyl (C=O) groups excluding carboxylic acids is 1. The van der Waals surface area contributed by atoms with Gasteiger partial charge < -0.3 is 9.30 Å². The summed E-state index contributed by atoms with van der Waals surface area (Å²) in [5, 5.41) is 5.07. The molecular formula is C17H19N3O2. The molecule has 2 heterocycles. The molecule has 0 fully saturated rings. The highest BCUT2D eigenvalue weighted by Crippen LogP contribution is 2.26. The summed E-state index contributed by atoms with van der Waals surface area (Å²) in [5.41, 5.74) is 6.27. The molecule has 0 aliphatic carbocycles. The third-order valence-corrected chi connectivity index (χ3v) is 3.62. The molecule has 0 radical (unpaired) electrons. The Kier molecular flexibility index (Phi) is 3.48. The van der Waals surface area contributed by atoms with Crippen LogP contribution in [0.15, 0.2) is 35.1 Å². The van der Waals surface area contributed by atoms with E-state index in [4.69, 9.17) is 4.74 Å². The van der Waals surface area contributed by atoms with Crippen molar-refractivity contribution in [2.24, 2.45) is 12.1 Å². The third kappa shape index (κ3) is 2.39. The molecule has 3 rings (SSSR count). The Morgan fingerprint density at radius 3 is 2.86 bits per heavy atom. The fraction of sp³-hybridized carbons (Fsp3) is 0.294. The van der Waals surface area contributed by atoms with Gasteiger partial charge in [0.2, 0.25) is 5.90 Å². The molecule has 22 heavy (non-hydrogen) atoms. The van der Waals surface area contributed by atoms with Crippen molar-refractivity contribution in [2.45, 2.75) is 26.9 Å². The minimum atomic E-state index is -0.236. The number of carbonyl (C=O) groups is 1. The lowest BCUT2D eigenvalue weighted by atomic mass is 10.1. The summed E-state index contributed by atoms with van der Waals surface area (Å²) in [7, 11) is 2.01. The average Bonchev–Trinajstić information content (AvgIpc) is 2.94. The third-order valence-electron chi connectivity index (χ3n) is 3.62. The highest BCUT2D eigenvalue weighted by Gasteiger charge is 2.25. The lowest BCUT2D eigenvalue weighted by Gasteiger charge is -2.08. The van der Waals surface area contributed by atoms with Gasteiger partial charge in [0.1, 0.15) is 5.57 Å². The lowest BCUT2D eigenvalue weighted by molar-refractivity contribution is -0.116. The molecule has 0 unspecified atom stereocenters. The van der Waals surface area contributed by atoms with Gasteiger partial charge in [-0.25, -0.2) is 5.43 Å². The summed E-state index contributed by atoms with van der Waals surface area (Å²) in [6.07, 6.45) is 3.82. The molecule has 5 nitrogen and oxygen atoms in total. The molecular weight excluding hydrogens is 278 g/mol. The van der Waals surface area contributed by atoms with E-state index in [0.29, 0.717) is 11.5 Å². The van der Waals surface area contributed by atoms with Crippen LogP contribution in [-0.4, -0.2) is 22.5 Å². The van der Waals surface area contributed by atoms with Crippen LogP contribution >= 0.6 is 0 Å². The zero-order valence-corrected chi connectivity index (χ0v) is 13.2. The fourth-order valence-corrected chi connectivity index (χ4v) is 2.73. The number of aromatic nitrogens is 1. The van der Waals surface area contributed by atoms with E-state index >= 15 is 0 Å². The van der Waals surface area contributed by atoms with Gasteiger partial charge in [-0.1, -0.05) is 18.2 Å². The van der Waals surface area contributed by atoms with Crippen molar-refractivity contribution in [3.05, 3.63) is 41.1 Å². The summed E-state index contributed by atoms with van der Waals surface area (Å²) in [5.74, 6) is 0.116. The van der Waals surface area contributed by atoms with Gasteiger partial charge in [0.25, 0.3) is 5.91 Å². The number of rotatable bonds is 2. The van der Waals surface area contributed by atoms with E-state index in [0.717, 1.165) is 16.5 Å². The van der Waals surface area contributed by atoms with Gasteiger partial charge in [-0.3, -0.25) is 4.79 Å². The molecule has 114 valence electrons. The van der Waals surface area contributed by atoms with Crippen molar-refractivity contribution in [1.29, 1.82) is 0 Å². The number of nitrogens with zero attached hydrogens (tertiary/aromatic N) is 2. The number of benzene rings is 1. The minimum absolute atomic E-state index is 0.0374.